The summed E-state index contributed by atoms with van der Waals surface area (Å²) in [6, 6.07) is 0. The molecule has 0 saturated carbocycles. The Morgan fingerprint density at radius 2 is 2.44 bits per heavy atom. The summed E-state index contributed by atoms with van der Waals surface area (Å²) in [5.41, 5.74) is 5.51. The Balaban J connectivity index is 2.10. The van der Waals surface area contributed by atoms with Crippen molar-refractivity contribution in [3.05, 3.63) is 12.2 Å². The van der Waals surface area contributed by atoms with Crippen LogP contribution in [-0.4, -0.2) is 18.8 Å². The van der Waals surface area contributed by atoms with Gasteiger partial charge in [0.1, 0.15) is 0 Å². The first-order chi connectivity index (χ1) is 4.40. The first-order valence-electron chi connectivity index (χ1n) is 3.44. The summed E-state index contributed by atoms with van der Waals surface area (Å²) in [6.45, 7) is 0.769. The molecule has 0 aliphatic carbocycles. The van der Waals surface area contributed by atoms with Crippen LogP contribution in [0.1, 0.15) is 6.42 Å². The Kier molecular flexibility index (Phi) is 1.10. The normalized spacial score (nSPS) is 46.6. The molecule has 0 spiro atoms. The van der Waals surface area contributed by atoms with Gasteiger partial charge in [0.25, 0.3) is 0 Å². The average molecular weight is 125 g/mol. The Morgan fingerprint density at radius 1 is 1.56 bits per heavy atom. The Bertz CT molecular complexity index is 144. The van der Waals surface area contributed by atoms with E-state index >= 15 is 0 Å². The smallest absolute Gasteiger partial charge is 0.0806 e. The van der Waals surface area contributed by atoms with Crippen molar-refractivity contribution < 1.29 is 4.74 Å². The maximum Gasteiger partial charge on any atom is 0.0806 e. The fraction of sp³-hybridized carbons (Fsp3) is 0.714. The van der Waals surface area contributed by atoms with Crippen molar-refractivity contribution >= 4 is 0 Å². The molecule has 0 aromatic rings. The number of hydrogen-bond acceptors (Lipinski definition) is 2. The van der Waals surface area contributed by atoms with E-state index in [1.807, 2.05) is 0 Å². The summed E-state index contributed by atoms with van der Waals surface area (Å²) in [6.07, 6.45) is 6.14. The molecule has 0 unspecified atom stereocenters. The largest absolute Gasteiger partial charge is 0.367 e. The molecule has 0 aromatic heterocycles. The minimum absolute atomic E-state index is 0.347. The molecule has 1 fully saturated rings. The minimum Gasteiger partial charge on any atom is -0.367 e. The van der Waals surface area contributed by atoms with Crippen molar-refractivity contribution in [2.75, 3.05) is 6.54 Å². The molecule has 2 N–H and O–H groups in total. The predicted molar refractivity (Wildman–Crippen MR) is 35.0 cm³/mol. The van der Waals surface area contributed by atoms with E-state index in [9.17, 15) is 0 Å². The lowest BCUT2D eigenvalue weighted by atomic mass is 9.95. The third-order valence-electron chi connectivity index (χ3n) is 2.15. The second-order valence-electron chi connectivity index (χ2n) is 2.76. The van der Waals surface area contributed by atoms with E-state index in [-0.39, 0.29) is 0 Å². The molecule has 1 saturated heterocycles. The van der Waals surface area contributed by atoms with Crippen LogP contribution >= 0.6 is 0 Å². The summed E-state index contributed by atoms with van der Waals surface area (Å²) in [7, 11) is 0. The highest BCUT2D eigenvalue weighted by molar-refractivity contribution is 5.10. The number of ether oxygens (including phenoxy) is 1. The van der Waals surface area contributed by atoms with Crippen LogP contribution in [0, 0.1) is 5.92 Å². The summed E-state index contributed by atoms with van der Waals surface area (Å²) in [5, 5.41) is 0. The molecular formula is C7H11NO. The van der Waals surface area contributed by atoms with Crippen molar-refractivity contribution in [1.82, 2.24) is 0 Å². The number of rotatable bonds is 1. The molecule has 0 radical (unpaired) electrons. The van der Waals surface area contributed by atoms with E-state index in [2.05, 4.69) is 12.2 Å². The van der Waals surface area contributed by atoms with Gasteiger partial charge in [-0.3, -0.25) is 0 Å². The summed E-state index contributed by atoms with van der Waals surface area (Å²) in [5.74, 6) is 0.597. The van der Waals surface area contributed by atoms with Crippen molar-refractivity contribution in [2.24, 2.45) is 11.7 Å². The van der Waals surface area contributed by atoms with Crippen LogP contribution in [-0.2, 0) is 4.74 Å². The summed E-state index contributed by atoms with van der Waals surface area (Å²) >= 11 is 0. The lowest BCUT2D eigenvalue weighted by Gasteiger charge is -2.10. The molecule has 3 atom stereocenters. The van der Waals surface area contributed by atoms with Gasteiger partial charge < -0.3 is 10.5 Å². The molecule has 2 heterocycles. The quantitative estimate of drug-likeness (QED) is 0.511. The van der Waals surface area contributed by atoms with Gasteiger partial charge in [-0.05, 0) is 13.0 Å². The molecule has 2 rings (SSSR count). The van der Waals surface area contributed by atoms with Crippen molar-refractivity contribution in [1.29, 1.82) is 0 Å². The molecule has 2 aliphatic heterocycles. The number of nitrogens with two attached hydrogens (primary N) is 1. The highest BCUT2D eigenvalue weighted by Gasteiger charge is 2.35. The van der Waals surface area contributed by atoms with Gasteiger partial charge in [0.05, 0.1) is 12.2 Å². The third-order valence-corrected chi connectivity index (χ3v) is 2.15. The molecule has 50 valence electrons. The zero-order valence-corrected chi connectivity index (χ0v) is 5.29. The zero-order valence-electron chi connectivity index (χ0n) is 5.29. The van der Waals surface area contributed by atoms with Crippen LogP contribution in [0.4, 0.5) is 0 Å². The molecule has 9 heavy (non-hydrogen) atoms. The Hall–Kier alpha value is -0.340. The van der Waals surface area contributed by atoms with E-state index < -0.39 is 0 Å². The van der Waals surface area contributed by atoms with Crippen molar-refractivity contribution in [2.45, 2.75) is 18.6 Å². The molecular weight excluding hydrogens is 114 g/mol. The first-order valence-corrected chi connectivity index (χ1v) is 3.44. The average Bonchev–Trinajstić information content (AvgIpc) is 2.45. The van der Waals surface area contributed by atoms with Crippen LogP contribution in [0.5, 0.6) is 0 Å². The van der Waals surface area contributed by atoms with Gasteiger partial charge in [-0.2, -0.15) is 0 Å². The fourth-order valence-corrected chi connectivity index (χ4v) is 1.59. The van der Waals surface area contributed by atoms with Crippen molar-refractivity contribution in [3.63, 3.8) is 0 Å². The Morgan fingerprint density at radius 3 is 2.78 bits per heavy atom. The molecule has 0 aromatic carbocycles. The molecule has 2 nitrogen and oxygen atoms in total. The molecule has 0 amide bonds. The van der Waals surface area contributed by atoms with Crippen LogP contribution in [0.2, 0.25) is 0 Å². The highest BCUT2D eigenvalue weighted by atomic mass is 16.5. The van der Waals surface area contributed by atoms with E-state index in [1.54, 1.807) is 0 Å². The van der Waals surface area contributed by atoms with Gasteiger partial charge in [0, 0.05) is 5.92 Å². The second kappa shape index (κ2) is 1.82. The van der Waals surface area contributed by atoms with Gasteiger partial charge in [-0.25, -0.2) is 0 Å². The molecule has 2 bridgehead atoms. The zero-order chi connectivity index (χ0) is 6.27. The standard InChI is InChI=1S/C7H11NO/c8-4-5-3-6-1-2-7(5)9-6/h1-2,5-7H,3-4,8H2/t5-,6+,7+/m0/s1. The summed E-state index contributed by atoms with van der Waals surface area (Å²) < 4.78 is 5.48. The first kappa shape index (κ1) is 5.45. The van der Waals surface area contributed by atoms with Crippen LogP contribution in [0.15, 0.2) is 12.2 Å². The predicted octanol–water partition coefficient (Wildman–Crippen LogP) is 0.289. The third kappa shape index (κ3) is 0.705. The lowest BCUT2D eigenvalue weighted by molar-refractivity contribution is 0.110. The molecule has 2 aliphatic rings. The maximum atomic E-state index is 5.51. The number of fused-ring (bicyclic) bond motifs is 2. The molecule has 2 heteroatoms. The van der Waals surface area contributed by atoms with Gasteiger partial charge in [-0.1, -0.05) is 12.2 Å². The van der Waals surface area contributed by atoms with E-state index in [4.69, 9.17) is 10.5 Å². The lowest BCUT2D eigenvalue weighted by Crippen LogP contribution is -2.22. The highest BCUT2D eigenvalue weighted by Crippen LogP contribution is 2.32. The topological polar surface area (TPSA) is 35.2 Å². The van der Waals surface area contributed by atoms with Gasteiger partial charge in [0.15, 0.2) is 0 Å². The number of hydrogen-bond donors (Lipinski definition) is 1. The van der Waals surface area contributed by atoms with Gasteiger partial charge in [0.2, 0.25) is 0 Å². The van der Waals surface area contributed by atoms with E-state index in [0.717, 1.165) is 13.0 Å². The van der Waals surface area contributed by atoms with E-state index in [1.165, 1.54) is 0 Å². The van der Waals surface area contributed by atoms with Crippen LogP contribution in [0.3, 0.4) is 0 Å². The maximum absolute atomic E-state index is 5.51. The fourth-order valence-electron chi connectivity index (χ4n) is 1.59. The Labute approximate surface area is 54.7 Å². The van der Waals surface area contributed by atoms with Crippen molar-refractivity contribution in [3.8, 4) is 0 Å². The SMILES string of the molecule is NC[C@@H]1C[C@H]2C=C[C@H]1O2. The summed E-state index contributed by atoms with van der Waals surface area (Å²) in [4.78, 5) is 0. The second-order valence-corrected chi connectivity index (χ2v) is 2.76. The van der Waals surface area contributed by atoms with Crippen LogP contribution < -0.4 is 5.73 Å². The van der Waals surface area contributed by atoms with E-state index in [0.29, 0.717) is 18.1 Å². The monoisotopic (exact) mass is 125 g/mol. The van der Waals surface area contributed by atoms with Gasteiger partial charge in [-0.15, -0.1) is 0 Å². The van der Waals surface area contributed by atoms with Crippen LogP contribution in [0.25, 0.3) is 0 Å². The van der Waals surface area contributed by atoms with Gasteiger partial charge >= 0.3 is 0 Å². The minimum atomic E-state index is 0.347.